The second-order valence-corrected chi connectivity index (χ2v) is 5.76. The van der Waals surface area contributed by atoms with Gasteiger partial charge in [0.15, 0.2) is 0 Å². The highest BCUT2D eigenvalue weighted by Gasteiger charge is 2.14. The lowest BCUT2D eigenvalue weighted by atomic mass is 9.86. The van der Waals surface area contributed by atoms with E-state index in [0.29, 0.717) is 5.56 Å². The Morgan fingerprint density at radius 3 is 2.85 bits per heavy atom. The molecule has 1 aliphatic carbocycles. The Kier molecular flexibility index (Phi) is 3.72. The van der Waals surface area contributed by atoms with Crippen LogP contribution in [0.5, 0.6) is 0 Å². The average molecular weight is 272 g/mol. The summed E-state index contributed by atoms with van der Waals surface area (Å²) in [6.07, 6.45) is 8.97. The summed E-state index contributed by atoms with van der Waals surface area (Å²) in [6, 6.07) is 5.05. The first kappa shape index (κ1) is 13.2. The summed E-state index contributed by atoms with van der Waals surface area (Å²) >= 11 is 0. The number of aryl methyl sites for hydroxylation is 1. The molecule has 1 aromatic heterocycles. The Bertz CT molecular complexity index is 612. The van der Waals surface area contributed by atoms with Gasteiger partial charge in [-0.2, -0.15) is 0 Å². The molecule has 0 unspecified atom stereocenters. The van der Waals surface area contributed by atoms with Crippen molar-refractivity contribution in [3.8, 4) is 0 Å². The minimum absolute atomic E-state index is 0.306. The topological polar surface area (TPSA) is 66.0 Å². The SMILES string of the molecule is O=C(O)c1ccc2nc(CCC3CCCCC3)[nH]c2c1. The molecule has 1 aliphatic rings. The molecular formula is C16H20N2O2. The zero-order valence-corrected chi connectivity index (χ0v) is 11.6. The van der Waals surface area contributed by atoms with Crippen LogP contribution in [0.2, 0.25) is 0 Å². The van der Waals surface area contributed by atoms with Gasteiger partial charge in [0, 0.05) is 6.42 Å². The molecule has 0 radical (unpaired) electrons. The Morgan fingerprint density at radius 1 is 1.30 bits per heavy atom. The van der Waals surface area contributed by atoms with E-state index in [2.05, 4.69) is 9.97 Å². The number of hydrogen-bond donors (Lipinski definition) is 2. The van der Waals surface area contributed by atoms with E-state index in [0.717, 1.165) is 29.2 Å². The van der Waals surface area contributed by atoms with Crippen LogP contribution in [0.15, 0.2) is 18.2 Å². The van der Waals surface area contributed by atoms with Crippen LogP contribution in [-0.2, 0) is 6.42 Å². The number of benzene rings is 1. The monoisotopic (exact) mass is 272 g/mol. The number of carboxylic acid groups (broad SMARTS) is 1. The normalized spacial score (nSPS) is 16.6. The number of rotatable bonds is 4. The van der Waals surface area contributed by atoms with E-state index in [1.54, 1.807) is 18.2 Å². The maximum Gasteiger partial charge on any atom is 0.335 e. The highest BCUT2D eigenvalue weighted by molar-refractivity contribution is 5.92. The maximum atomic E-state index is 10.9. The van der Waals surface area contributed by atoms with E-state index in [1.165, 1.54) is 38.5 Å². The lowest BCUT2D eigenvalue weighted by molar-refractivity contribution is 0.0697. The number of imidazole rings is 1. The molecule has 1 aromatic carbocycles. The second-order valence-electron chi connectivity index (χ2n) is 5.76. The van der Waals surface area contributed by atoms with Gasteiger partial charge in [0.2, 0.25) is 0 Å². The summed E-state index contributed by atoms with van der Waals surface area (Å²) in [4.78, 5) is 18.8. The predicted molar refractivity (Wildman–Crippen MR) is 77.9 cm³/mol. The molecule has 1 fully saturated rings. The first-order valence-electron chi connectivity index (χ1n) is 7.44. The van der Waals surface area contributed by atoms with Crippen LogP contribution >= 0.6 is 0 Å². The molecule has 20 heavy (non-hydrogen) atoms. The van der Waals surface area contributed by atoms with Crippen molar-refractivity contribution >= 4 is 17.0 Å². The number of H-pyrrole nitrogens is 1. The van der Waals surface area contributed by atoms with E-state index in [4.69, 9.17) is 5.11 Å². The van der Waals surface area contributed by atoms with Gasteiger partial charge in [-0.3, -0.25) is 0 Å². The summed E-state index contributed by atoms with van der Waals surface area (Å²) in [5.41, 5.74) is 1.98. The van der Waals surface area contributed by atoms with Crippen molar-refractivity contribution in [3.63, 3.8) is 0 Å². The van der Waals surface area contributed by atoms with Crippen LogP contribution < -0.4 is 0 Å². The van der Waals surface area contributed by atoms with Crippen molar-refractivity contribution in [1.82, 2.24) is 9.97 Å². The first-order valence-corrected chi connectivity index (χ1v) is 7.44. The average Bonchev–Trinajstić information content (AvgIpc) is 2.88. The van der Waals surface area contributed by atoms with Crippen LogP contribution in [0.3, 0.4) is 0 Å². The van der Waals surface area contributed by atoms with Gasteiger partial charge in [0.05, 0.1) is 16.6 Å². The van der Waals surface area contributed by atoms with E-state index >= 15 is 0 Å². The molecule has 3 rings (SSSR count). The fraction of sp³-hybridized carbons (Fsp3) is 0.500. The van der Waals surface area contributed by atoms with Crippen molar-refractivity contribution in [2.75, 3.05) is 0 Å². The van der Waals surface area contributed by atoms with Gasteiger partial charge in [0.1, 0.15) is 5.82 Å². The van der Waals surface area contributed by atoms with E-state index in [1.807, 2.05) is 0 Å². The second kappa shape index (κ2) is 5.65. The molecular weight excluding hydrogens is 252 g/mol. The van der Waals surface area contributed by atoms with Gasteiger partial charge in [-0.25, -0.2) is 9.78 Å². The van der Waals surface area contributed by atoms with Crippen LogP contribution in [0.1, 0.15) is 54.7 Å². The van der Waals surface area contributed by atoms with Crippen LogP contribution in [0.4, 0.5) is 0 Å². The molecule has 4 heteroatoms. The van der Waals surface area contributed by atoms with Crippen LogP contribution in [0.25, 0.3) is 11.0 Å². The molecule has 0 atom stereocenters. The minimum Gasteiger partial charge on any atom is -0.478 e. The number of hydrogen-bond acceptors (Lipinski definition) is 2. The van der Waals surface area contributed by atoms with Crippen LogP contribution in [-0.4, -0.2) is 21.0 Å². The lowest BCUT2D eigenvalue weighted by Crippen LogP contribution is -2.07. The fourth-order valence-electron chi connectivity index (χ4n) is 3.13. The minimum atomic E-state index is -0.898. The lowest BCUT2D eigenvalue weighted by Gasteiger charge is -2.20. The Balaban J connectivity index is 1.70. The number of nitrogens with zero attached hydrogens (tertiary/aromatic N) is 1. The van der Waals surface area contributed by atoms with E-state index in [9.17, 15) is 4.79 Å². The van der Waals surface area contributed by atoms with Crippen molar-refractivity contribution in [2.45, 2.75) is 44.9 Å². The molecule has 0 amide bonds. The Morgan fingerprint density at radius 2 is 2.10 bits per heavy atom. The Labute approximate surface area is 118 Å². The third-order valence-corrected chi connectivity index (χ3v) is 4.29. The first-order chi connectivity index (χ1) is 9.72. The quantitative estimate of drug-likeness (QED) is 0.890. The summed E-state index contributed by atoms with van der Waals surface area (Å²) in [5, 5.41) is 8.99. The molecule has 0 spiro atoms. The van der Waals surface area contributed by atoms with Gasteiger partial charge >= 0.3 is 5.97 Å². The van der Waals surface area contributed by atoms with Crippen molar-refractivity contribution in [3.05, 3.63) is 29.6 Å². The Hall–Kier alpha value is -1.84. The number of aromatic nitrogens is 2. The molecule has 1 saturated carbocycles. The zero-order valence-electron chi connectivity index (χ0n) is 11.6. The summed E-state index contributed by atoms with van der Waals surface area (Å²) in [6.45, 7) is 0. The van der Waals surface area contributed by atoms with E-state index in [-0.39, 0.29) is 0 Å². The highest BCUT2D eigenvalue weighted by atomic mass is 16.4. The van der Waals surface area contributed by atoms with Gasteiger partial charge in [-0.15, -0.1) is 0 Å². The number of aromatic amines is 1. The molecule has 0 aliphatic heterocycles. The maximum absolute atomic E-state index is 10.9. The fourth-order valence-corrected chi connectivity index (χ4v) is 3.13. The number of fused-ring (bicyclic) bond motifs is 1. The highest BCUT2D eigenvalue weighted by Crippen LogP contribution is 2.27. The van der Waals surface area contributed by atoms with Crippen molar-refractivity contribution in [2.24, 2.45) is 5.92 Å². The number of carboxylic acids is 1. The zero-order chi connectivity index (χ0) is 13.9. The standard InChI is InChI=1S/C16H20N2O2/c19-16(20)12-7-8-13-14(10-12)18-15(17-13)9-6-11-4-2-1-3-5-11/h7-8,10-11H,1-6,9H2,(H,17,18)(H,19,20). The number of aromatic carboxylic acids is 1. The molecule has 1 heterocycles. The van der Waals surface area contributed by atoms with Crippen LogP contribution in [0, 0.1) is 5.92 Å². The summed E-state index contributed by atoms with van der Waals surface area (Å²) < 4.78 is 0. The van der Waals surface area contributed by atoms with Gasteiger partial charge in [-0.05, 0) is 30.5 Å². The molecule has 0 bridgehead atoms. The van der Waals surface area contributed by atoms with Crippen molar-refractivity contribution in [1.29, 1.82) is 0 Å². The van der Waals surface area contributed by atoms with Gasteiger partial charge in [0.25, 0.3) is 0 Å². The smallest absolute Gasteiger partial charge is 0.335 e. The number of nitrogens with one attached hydrogen (secondary N) is 1. The molecule has 2 N–H and O–H groups in total. The van der Waals surface area contributed by atoms with Gasteiger partial charge < -0.3 is 10.1 Å². The molecule has 0 saturated heterocycles. The molecule has 2 aromatic rings. The van der Waals surface area contributed by atoms with Crippen molar-refractivity contribution < 1.29 is 9.90 Å². The molecule has 4 nitrogen and oxygen atoms in total. The predicted octanol–water partition coefficient (Wildman–Crippen LogP) is 3.77. The summed E-state index contributed by atoms with van der Waals surface area (Å²) in [5.74, 6) is 0.921. The third kappa shape index (κ3) is 2.84. The van der Waals surface area contributed by atoms with E-state index < -0.39 is 5.97 Å². The third-order valence-electron chi connectivity index (χ3n) is 4.29. The summed E-state index contributed by atoms with van der Waals surface area (Å²) in [7, 11) is 0. The van der Waals surface area contributed by atoms with Gasteiger partial charge in [-0.1, -0.05) is 32.1 Å². The molecule has 106 valence electrons. The number of carbonyl (C=O) groups is 1. The largest absolute Gasteiger partial charge is 0.478 e.